The molecule has 2 atom stereocenters. The Bertz CT molecular complexity index is 1070. The summed E-state index contributed by atoms with van der Waals surface area (Å²) in [5.74, 6) is -4.29. The fourth-order valence-corrected chi connectivity index (χ4v) is 3.92. The van der Waals surface area contributed by atoms with E-state index >= 15 is 0 Å². The van der Waals surface area contributed by atoms with Crippen LogP contribution in [0.1, 0.15) is 18.6 Å². The Morgan fingerprint density at radius 3 is 1.66 bits per heavy atom. The van der Waals surface area contributed by atoms with Gasteiger partial charge in [-0.3, -0.25) is 0 Å². The molecule has 0 saturated carbocycles. The molecule has 5 nitrogen and oxygen atoms in total. The van der Waals surface area contributed by atoms with Crippen molar-refractivity contribution >= 4 is 87.3 Å². The van der Waals surface area contributed by atoms with E-state index in [4.69, 9.17) is 74.7 Å². The SMILES string of the molecule is CC(F)(C(F)F)C(F)(C(=O)O)C(F)(F)Sc1ccc(-c2nc(C(Cl)(Cl)Cl)nc(C(Cl)(Cl)Cl)n2)cc1. The van der Waals surface area contributed by atoms with Crippen LogP contribution in [0.2, 0.25) is 0 Å². The first kappa shape index (κ1) is 30.6. The molecule has 0 amide bonds. The molecule has 2 rings (SSSR count). The first-order valence-electron chi connectivity index (χ1n) is 8.61. The fraction of sp³-hybridized carbons (Fsp3) is 0.412. The summed E-state index contributed by atoms with van der Waals surface area (Å²) in [7, 11) is 0. The smallest absolute Gasteiger partial charge is 0.352 e. The van der Waals surface area contributed by atoms with Crippen LogP contribution in [0.4, 0.5) is 26.3 Å². The van der Waals surface area contributed by atoms with Crippen molar-refractivity contribution in [2.24, 2.45) is 0 Å². The van der Waals surface area contributed by atoms with E-state index in [-0.39, 0.29) is 18.3 Å². The van der Waals surface area contributed by atoms with E-state index in [1.165, 1.54) is 0 Å². The molecular formula is C17H9Cl6F6N3O2S. The number of carboxylic acids is 1. The molecule has 0 fully saturated rings. The van der Waals surface area contributed by atoms with Crippen molar-refractivity contribution in [3.05, 3.63) is 35.9 Å². The molecule has 1 heterocycles. The van der Waals surface area contributed by atoms with Gasteiger partial charge >= 0.3 is 16.9 Å². The van der Waals surface area contributed by atoms with E-state index in [0.29, 0.717) is 0 Å². The largest absolute Gasteiger partial charge is 0.479 e. The number of benzene rings is 1. The van der Waals surface area contributed by atoms with Gasteiger partial charge in [-0.15, -0.1) is 0 Å². The zero-order valence-corrected chi connectivity index (χ0v) is 21.9. The van der Waals surface area contributed by atoms with Crippen molar-refractivity contribution in [1.82, 2.24) is 15.0 Å². The number of hydrogen-bond donors (Lipinski definition) is 1. The zero-order chi connectivity index (χ0) is 27.2. The third-order valence-corrected chi connectivity index (χ3v) is 6.34. The van der Waals surface area contributed by atoms with Gasteiger partial charge in [-0.05, 0) is 30.8 Å². The maximum atomic E-state index is 14.7. The molecule has 1 aromatic heterocycles. The second-order valence-corrected chi connectivity index (χ2v) is 12.5. The molecule has 0 aliphatic carbocycles. The molecule has 0 saturated heterocycles. The van der Waals surface area contributed by atoms with Crippen LogP contribution in [-0.2, 0) is 12.4 Å². The van der Waals surface area contributed by atoms with Gasteiger partial charge in [-0.1, -0.05) is 81.7 Å². The number of carbonyl (C=O) groups is 1. The third-order valence-electron chi connectivity index (χ3n) is 4.28. The minimum absolute atomic E-state index is 0.0405. The number of aromatic nitrogens is 3. The van der Waals surface area contributed by atoms with E-state index < -0.39 is 64.9 Å². The van der Waals surface area contributed by atoms with E-state index in [1.807, 2.05) is 0 Å². The molecule has 0 spiro atoms. The number of nitrogens with zero attached hydrogens (tertiary/aromatic N) is 3. The summed E-state index contributed by atoms with van der Waals surface area (Å²) in [6.07, 6.45) is -4.37. The van der Waals surface area contributed by atoms with Crippen LogP contribution >= 0.6 is 81.4 Å². The van der Waals surface area contributed by atoms with Crippen molar-refractivity contribution in [2.45, 2.75) is 42.4 Å². The quantitative estimate of drug-likeness (QED) is 0.189. The summed E-state index contributed by atoms with van der Waals surface area (Å²) in [5, 5.41) is 3.70. The third kappa shape index (κ3) is 6.27. The number of thioether (sulfide) groups is 1. The lowest BCUT2D eigenvalue weighted by Gasteiger charge is -2.37. The van der Waals surface area contributed by atoms with E-state index in [9.17, 15) is 31.1 Å². The predicted molar refractivity (Wildman–Crippen MR) is 122 cm³/mol. The Morgan fingerprint density at radius 2 is 1.31 bits per heavy atom. The summed E-state index contributed by atoms with van der Waals surface area (Å²) in [5.41, 5.74) is -9.98. The van der Waals surface area contributed by atoms with Crippen LogP contribution in [0.5, 0.6) is 0 Å². The summed E-state index contributed by atoms with van der Waals surface area (Å²) < 4.78 is 79.5. The topological polar surface area (TPSA) is 76.0 Å². The van der Waals surface area contributed by atoms with Crippen LogP contribution in [0.25, 0.3) is 11.4 Å². The fourth-order valence-electron chi connectivity index (χ4n) is 2.42. The van der Waals surface area contributed by atoms with Crippen LogP contribution in [0.15, 0.2) is 29.2 Å². The zero-order valence-electron chi connectivity index (χ0n) is 16.5. The standard InChI is InChI=1S/C17H9Cl6F6N3O2S/c1-13(26,9(24)25)14(27,12(33)34)17(28,29)35-7-4-2-6(3-5-7)8-30-10(15(18,19)20)32-11(31-8)16(21,22)23/h2-5,9H,1H3,(H,33,34). The minimum Gasteiger partial charge on any atom is -0.479 e. The maximum Gasteiger partial charge on any atom is 0.352 e. The summed E-state index contributed by atoms with van der Waals surface area (Å²) in [4.78, 5) is 22.1. The molecule has 1 aromatic carbocycles. The predicted octanol–water partition coefficient (Wildman–Crippen LogP) is 7.66. The maximum absolute atomic E-state index is 14.7. The van der Waals surface area contributed by atoms with Crippen LogP contribution in [0, 0.1) is 0 Å². The highest BCUT2D eigenvalue weighted by atomic mass is 35.6. The van der Waals surface area contributed by atoms with Gasteiger partial charge in [-0.25, -0.2) is 37.3 Å². The van der Waals surface area contributed by atoms with Crippen molar-refractivity contribution in [1.29, 1.82) is 0 Å². The van der Waals surface area contributed by atoms with Crippen molar-refractivity contribution in [2.75, 3.05) is 0 Å². The number of alkyl halides is 12. The lowest BCUT2D eigenvalue weighted by molar-refractivity contribution is -0.212. The molecule has 0 radical (unpaired) electrons. The highest BCUT2D eigenvalue weighted by Gasteiger charge is 2.75. The Hall–Kier alpha value is -0.630. The highest BCUT2D eigenvalue weighted by Crippen LogP contribution is 2.53. The number of carboxylic acid groups (broad SMARTS) is 1. The molecule has 2 unspecified atom stereocenters. The van der Waals surface area contributed by atoms with E-state index in [0.717, 1.165) is 24.3 Å². The minimum atomic E-state index is -5.29. The lowest BCUT2D eigenvalue weighted by atomic mass is 9.88. The number of aliphatic carboxylic acids is 1. The van der Waals surface area contributed by atoms with Gasteiger partial charge < -0.3 is 5.11 Å². The van der Waals surface area contributed by atoms with Gasteiger partial charge in [0.25, 0.3) is 6.43 Å². The van der Waals surface area contributed by atoms with Crippen LogP contribution in [-0.4, -0.2) is 49.0 Å². The number of halogens is 12. The van der Waals surface area contributed by atoms with Crippen LogP contribution in [0.3, 0.4) is 0 Å². The van der Waals surface area contributed by atoms with Gasteiger partial charge in [-0.2, -0.15) is 8.78 Å². The van der Waals surface area contributed by atoms with Gasteiger partial charge in [0.15, 0.2) is 17.5 Å². The summed E-state index contributed by atoms with van der Waals surface area (Å²) in [6, 6.07) is 3.92. The van der Waals surface area contributed by atoms with Gasteiger partial charge in [0.1, 0.15) is 0 Å². The van der Waals surface area contributed by atoms with Crippen molar-refractivity contribution < 1.29 is 36.2 Å². The van der Waals surface area contributed by atoms with Crippen LogP contribution < -0.4 is 0 Å². The number of hydrogen-bond acceptors (Lipinski definition) is 5. The second kappa shape index (κ2) is 10.3. The Balaban J connectivity index is 2.49. The first-order valence-corrected chi connectivity index (χ1v) is 11.7. The normalized spacial score (nSPS) is 16.6. The van der Waals surface area contributed by atoms with Gasteiger partial charge in [0, 0.05) is 10.5 Å². The molecular weight excluding hydrogens is 637 g/mol. The van der Waals surface area contributed by atoms with E-state index in [2.05, 4.69) is 15.0 Å². The van der Waals surface area contributed by atoms with E-state index in [1.54, 1.807) is 0 Å². The first-order chi connectivity index (χ1) is 15.6. The molecule has 35 heavy (non-hydrogen) atoms. The average molecular weight is 646 g/mol. The lowest BCUT2D eigenvalue weighted by Crippen LogP contribution is -2.64. The molecule has 2 aromatic rings. The Labute approximate surface area is 227 Å². The summed E-state index contributed by atoms with van der Waals surface area (Å²) in [6.45, 7) is -0.269. The second-order valence-electron chi connectivity index (χ2n) is 6.78. The Morgan fingerprint density at radius 1 is 0.886 bits per heavy atom. The van der Waals surface area contributed by atoms with Crippen molar-refractivity contribution in [3.8, 4) is 11.4 Å². The molecule has 0 aliphatic rings. The van der Waals surface area contributed by atoms with Gasteiger partial charge in [0.2, 0.25) is 13.3 Å². The Kier molecular flexibility index (Phi) is 8.97. The molecule has 0 bridgehead atoms. The molecule has 1 N–H and O–H groups in total. The van der Waals surface area contributed by atoms with Crippen molar-refractivity contribution in [3.63, 3.8) is 0 Å². The highest BCUT2D eigenvalue weighted by molar-refractivity contribution is 8.00. The number of rotatable bonds is 7. The average Bonchev–Trinajstić information content (AvgIpc) is 2.71. The van der Waals surface area contributed by atoms with Gasteiger partial charge in [0.05, 0.1) is 0 Å². The molecule has 0 aliphatic heterocycles. The summed E-state index contributed by atoms with van der Waals surface area (Å²) >= 11 is 33.8. The molecule has 194 valence electrons. The molecule has 18 heteroatoms. The monoisotopic (exact) mass is 643 g/mol.